The molecule has 1 aromatic heterocycles. The first-order valence-electron chi connectivity index (χ1n) is 5.93. The second-order valence-corrected chi connectivity index (χ2v) is 4.18. The number of urea groups is 1. The van der Waals surface area contributed by atoms with E-state index in [2.05, 4.69) is 22.5 Å². The van der Waals surface area contributed by atoms with Crippen molar-refractivity contribution in [2.45, 2.75) is 13.0 Å². The molecule has 5 heteroatoms. The van der Waals surface area contributed by atoms with Gasteiger partial charge in [-0.05, 0) is 18.6 Å². The lowest BCUT2D eigenvalue weighted by Crippen LogP contribution is -2.35. The molecule has 2 amide bonds. The largest absolute Gasteiger partial charge is 0.336 e. The first-order valence-corrected chi connectivity index (χ1v) is 5.93. The number of nitrogens with one attached hydrogen (secondary N) is 2. The third-order valence-corrected chi connectivity index (χ3v) is 2.96. The van der Waals surface area contributed by atoms with Crippen molar-refractivity contribution in [1.29, 1.82) is 0 Å². The van der Waals surface area contributed by atoms with Gasteiger partial charge in [-0.15, -0.1) is 0 Å². The maximum atomic E-state index is 11.3. The van der Waals surface area contributed by atoms with Crippen LogP contribution >= 0.6 is 0 Å². The van der Waals surface area contributed by atoms with E-state index < -0.39 is 0 Å². The SMILES string of the molecule is C[C@H](NCCN1CCNC1=O)c1cccnc1. The summed E-state index contributed by atoms with van der Waals surface area (Å²) < 4.78 is 0. The van der Waals surface area contributed by atoms with Crippen LogP contribution in [0.25, 0.3) is 0 Å². The van der Waals surface area contributed by atoms with Gasteiger partial charge in [0.2, 0.25) is 0 Å². The minimum absolute atomic E-state index is 0.0424. The second-order valence-electron chi connectivity index (χ2n) is 4.18. The van der Waals surface area contributed by atoms with Gasteiger partial charge in [-0.2, -0.15) is 0 Å². The summed E-state index contributed by atoms with van der Waals surface area (Å²) in [5, 5.41) is 6.17. The van der Waals surface area contributed by atoms with Gasteiger partial charge in [0.15, 0.2) is 0 Å². The fraction of sp³-hybridized carbons (Fsp3) is 0.500. The van der Waals surface area contributed by atoms with E-state index in [4.69, 9.17) is 0 Å². The van der Waals surface area contributed by atoms with Gasteiger partial charge in [0, 0.05) is 44.6 Å². The van der Waals surface area contributed by atoms with E-state index in [1.807, 2.05) is 23.2 Å². The van der Waals surface area contributed by atoms with Crippen molar-refractivity contribution in [3.63, 3.8) is 0 Å². The first kappa shape index (κ1) is 11.9. The summed E-state index contributed by atoms with van der Waals surface area (Å²) in [6, 6.07) is 4.28. The highest BCUT2D eigenvalue weighted by molar-refractivity contribution is 5.76. The van der Waals surface area contributed by atoms with Crippen molar-refractivity contribution in [2.75, 3.05) is 26.2 Å². The molecule has 1 aliphatic rings. The molecule has 2 N–H and O–H groups in total. The molecule has 1 atom stereocenters. The highest BCUT2D eigenvalue weighted by Crippen LogP contribution is 2.09. The summed E-state index contributed by atoms with van der Waals surface area (Å²) in [7, 11) is 0. The van der Waals surface area contributed by atoms with Crippen molar-refractivity contribution >= 4 is 6.03 Å². The van der Waals surface area contributed by atoms with E-state index in [0.717, 1.165) is 26.2 Å². The smallest absolute Gasteiger partial charge is 0.317 e. The summed E-state index contributed by atoms with van der Waals surface area (Å²) in [4.78, 5) is 17.2. The number of aromatic nitrogens is 1. The lowest BCUT2D eigenvalue weighted by atomic mass is 10.1. The molecule has 17 heavy (non-hydrogen) atoms. The van der Waals surface area contributed by atoms with E-state index in [1.165, 1.54) is 5.56 Å². The van der Waals surface area contributed by atoms with Crippen LogP contribution in [0, 0.1) is 0 Å². The molecule has 0 aliphatic carbocycles. The molecule has 0 unspecified atom stereocenters. The Morgan fingerprint density at radius 1 is 1.65 bits per heavy atom. The molecule has 1 aromatic rings. The van der Waals surface area contributed by atoms with Crippen molar-refractivity contribution in [2.24, 2.45) is 0 Å². The molecular weight excluding hydrogens is 216 g/mol. The van der Waals surface area contributed by atoms with Crippen LogP contribution in [0.4, 0.5) is 4.79 Å². The molecule has 0 aromatic carbocycles. The van der Waals surface area contributed by atoms with Gasteiger partial charge < -0.3 is 15.5 Å². The number of rotatable bonds is 5. The summed E-state index contributed by atoms with van der Waals surface area (Å²) in [5.41, 5.74) is 1.17. The Morgan fingerprint density at radius 3 is 3.18 bits per heavy atom. The number of carbonyl (C=O) groups excluding carboxylic acids is 1. The normalized spacial score (nSPS) is 17.0. The van der Waals surface area contributed by atoms with Crippen LogP contribution < -0.4 is 10.6 Å². The Hall–Kier alpha value is -1.62. The standard InChI is InChI=1S/C12H18N4O/c1-10(11-3-2-4-13-9-11)14-5-7-16-8-6-15-12(16)17/h2-4,9-10,14H,5-8H2,1H3,(H,15,17)/t10-/m0/s1. The van der Waals surface area contributed by atoms with Gasteiger partial charge >= 0.3 is 6.03 Å². The Balaban J connectivity index is 1.73. The summed E-state index contributed by atoms with van der Waals surface area (Å²) >= 11 is 0. The van der Waals surface area contributed by atoms with Crippen LogP contribution in [0.15, 0.2) is 24.5 Å². The lowest BCUT2D eigenvalue weighted by molar-refractivity contribution is 0.217. The maximum Gasteiger partial charge on any atom is 0.317 e. The molecule has 92 valence electrons. The number of hydrogen-bond acceptors (Lipinski definition) is 3. The fourth-order valence-corrected chi connectivity index (χ4v) is 1.89. The molecule has 1 fully saturated rings. The Labute approximate surface area is 101 Å². The Bertz CT molecular complexity index is 368. The number of amides is 2. The lowest BCUT2D eigenvalue weighted by Gasteiger charge is -2.17. The maximum absolute atomic E-state index is 11.3. The van der Waals surface area contributed by atoms with Crippen LogP contribution in [-0.2, 0) is 0 Å². The van der Waals surface area contributed by atoms with Crippen molar-refractivity contribution < 1.29 is 4.79 Å². The van der Waals surface area contributed by atoms with E-state index in [1.54, 1.807) is 6.20 Å². The first-order chi connectivity index (χ1) is 8.27. The molecular formula is C12H18N4O. The van der Waals surface area contributed by atoms with Gasteiger partial charge in [0.05, 0.1) is 0 Å². The number of nitrogens with zero attached hydrogens (tertiary/aromatic N) is 2. The zero-order valence-corrected chi connectivity index (χ0v) is 10.0. The highest BCUT2D eigenvalue weighted by Gasteiger charge is 2.18. The molecule has 2 heterocycles. The fourth-order valence-electron chi connectivity index (χ4n) is 1.89. The third-order valence-electron chi connectivity index (χ3n) is 2.96. The van der Waals surface area contributed by atoms with Crippen molar-refractivity contribution in [1.82, 2.24) is 20.5 Å². The molecule has 2 rings (SSSR count). The number of pyridine rings is 1. The molecule has 1 aliphatic heterocycles. The average molecular weight is 234 g/mol. The van der Waals surface area contributed by atoms with Crippen molar-refractivity contribution in [3.05, 3.63) is 30.1 Å². The molecule has 0 radical (unpaired) electrons. The number of hydrogen-bond donors (Lipinski definition) is 2. The van der Waals surface area contributed by atoms with Crippen LogP contribution in [0.2, 0.25) is 0 Å². The third kappa shape index (κ3) is 3.17. The van der Waals surface area contributed by atoms with Crippen LogP contribution in [0.5, 0.6) is 0 Å². The zero-order chi connectivity index (χ0) is 12.1. The molecule has 1 saturated heterocycles. The monoisotopic (exact) mass is 234 g/mol. The van der Waals surface area contributed by atoms with E-state index in [9.17, 15) is 4.79 Å². The Kier molecular flexibility index (Phi) is 3.93. The predicted molar refractivity (Wildman–Crippen MR) is 65.6 cm³/mol. The predicted octanol–water partition coefficient (Wildman–Crippen LogP) is 0.757. The van der Waals surface area contributed by atoms with Gasteiger partial charge in [-0.1, -0.05) is 6.07 Å². The molecule has 0 spiro atoms. The van der Waals surface area contributed by atoms with Gasteiger partial charge in [0.25, 0.3) is 0 Å². The summed E-state index contributed by atoms with van der Waals surface area (Å²) in [6.45, 7) is 5.21. The minimum Gasteiger partial charge on any atom is -0.336 e. The van der Waals surface area contributed by atoms with Gasteiger partial charge in [-0.3, -0.25) is 4.98 Å². The zero-order valence-electron chi connectivity index (χ0n) is 10.0. The van der Waals surface area contributed by atoms with Crippen molar-refractivity contribution in [3.8, 4) is 0 Å². The van der Waals surface area contributed by atoms with Crippen LogP contribution in [-0.4, -0.2) is 42.1 Å². The van der Waals surface area contributed by atoms with Crippen LogP contribution in [0.1, 0.15) is 18.5 Å². The van der Waals surface area contributed by atoms with E-state index in [0.29, 0.717) is 0 Å². The van der Waals surface area contributed by atoms with Crippen LogP contribution in [0.3, 0.4) is 0 Å². The second kappa shape index (κ2) is 5.63. The summed E-state index contributed by atoms with van der Waals surface area (Å²) in [6.07, 6.45) is 3.63. The van der Waals surface area contributed by atoms with E-state index >= 15 is 0 Å². The van der Waals surface area contributed by atoms with Gasteiger partial charge in [-0.25, -0.2) is 4.79 Å². The van der Waals surface area contributed by atoms with Gasteiger partial charge in [0.1, 0.15) is 0 Å². The molecule has 5 nitrogen and oxygen atoms in total. The Morgan fingerprint density at radius 2 is 2.53 bits per heavy atom. The summed E-state index contributed by atoms with van der Waals surface area (Å²) in [5.74, 6) is 0. The minimum atomic E-state index is 0.0424. The topological polar surface area (TPSA) is 57.3 Å². The quantitative estimate of drug-likeness (QED) is 0.790. The number of carbonyl (C=O) groups is 1. The molecule has 0 bridgehead atoms. The molecule has 0 saturated carbocycles. The average Bonchev–Trinajstić information content (AvgIpc) is 2.76. The highest BCUT2D eigenvalue weighted by atomic mass is 16.2. The van der Waals surface area contributed by atoms with E-state index in [-0.39, 0.29) is 12.1 Å².